The van der Waals surface area contributed by atoms with Crippen molar-refractivity contribution >= 4 is 0 Å². The summed E-state index contributed by atoms with van der Waals surface area (Å²) in [5.74, 6) is 2.79. The molecule has 0 amide bonds. The highest BCUT2D eigenvalue weighted by Crippen LogP contribution is 2.25. The first-order valence-corrected chi connectivity index (χ1v) is 5.24. The summed E-state index contributed by atoms with van der Waals surface area (Å²) in [6.45, 7) is 4.03. The van der Waals surface area contributed by atoms with E-state index in [9.17, 15) is 0 Å². The van der Waals surface area contributed by atoms with E-state index in [1.807, 2.05) is 0 Å². The van der Waals surface area contributed by atoms with Crippen molar-refractivity contribution in [3.8, 4) is 0 Å². The molecule has 0 fully saturated rings. The predicted molar refractivity (Wildman–Crippen MR) is 53.3 cm³/mol. The molecule has 78 valence electrons. The van der Waals surface area contributed by atoms with E-state index in [1.54, 1.807) is 7.11 Å². The maximum atomic E-state index is 5.05. The van der Waals surface area contributed by atoms with Gasteiger partial charge in [-0.25, -0.2) is 0 Å². The lowest BCUT2D eigenvalue weighted by Crippen LogP contribution is -2.16. The van der Waals surface area contributed by atoms with Crippen molar-refractivity contribution in [2.75, 3.05) is 13.7 Å². The fraction of sp³-hybridized carbons (Fsp3) is 0.800. The summed E-state index contributed by atoms with van der Waals surface area (Å²) in [6, 6.07) is 0. The zero-order valence-electron chi connectivity index (χ0n) is 8.86. The van der Waals surface area contributed by atoms with E-state index in [1.165, 1.54) is 12.8 Å². The Balaban J connectivity index is 2.18. The minimum Gasteiger partial charge on any atom is -0.384 e. The van der Waals surface area contributed by atoms with E-state index < -0.39 is 0 Å². The van der Waals surface area contributed by atoms with E-state index in [4.69, 9.17) is 4.74 Å². The lowest BCUT2D eigenvalue weighted by molar-refractivity contribution is 0.199. The van der Waals surface area contributed by atoms with Gasteiger partial charge in [0.25, 0.3) is 0 Å². The van der Waals surface area contributed by atoms with E-state index >= 15 is 0 Å². The van der Waals surface area contributed by atoms with Gasteiger partial charge in [0, 0.05) is 26.0 Å². The molecule has 1 unspecified atom stereocenters. The van der Waals surface area contributed by atoms with Gasteiger partial charge in [-0.05, 0) is 12.8 Å². The van der Waals surface area contributed by atoms with Crippen LogP contribution in [0.5, 0.6) is 0 Å². The third-order valence-corrected chi connectivity index (χ3v) is 2.85. The molecule has 0 saturated heterocycles. The van der Waals surface area contributed by atoms with Crippen molar-refractivity contribution in [3.63, 3.8) is 0 Å². The van der Waals surface area contributed by atoms with E-state index in [0.717, 1.165) is 31.2 Å². The van der Waals surface area contributed by atoms with Crippen molar-refractivity contribution in [1.29, 1.82) is 0 Å². The molecule has 2 rings (SSSR count). The molecule has 1 aliphatic rings. The lowest BCUT2D eigenvalue weighted by Gasteiger charge is -2.20. The molecule has 0 bridgehead atoms. The molecule has 1 aromatic rings. The Morgan fingerprint density at radius 1 is 1.50 bits per heavy atom. The second-order valence-electron chi connectivity index (χ2n) is 3.91. The topological polar surface area (TPSA) is 39.9 Å². The molecule has 0 N–H and O–H groups in total. The fourth-order valence-corrected chi connectivity index (χ4v) is 2.02. The van der Waals surface area contributed by atoms with Gasteiger partial charge in [0.2, 0.25) is 0 Å². The number of hydrogen-bond donors (Lipinski definition) is 0. The van der Waals surface area contributed by atoms with Gasteiger partial charge in [-0.3, -0.25) is 0 Å². The maximum absolute atomic E-state index is 5.05. The van der Waals surface area contributed by atoms with Crippen LogP contribution in [0.15, 0.2) is 0 Å². The van der Waals surface area contributed by atoms with Gasteiger partial charge < -0.3 is 9.30 Å². The maximum Gasteiger partial charge on any atom is 0.135 e. The molecular formula is C10H17N3O. The Hall–Kier alpha value is -0.900. The molecule has 0 spiro atoms. The standard InChI is InChI=1S/C10H17N3O/c1-8-4-3-6-13-9(5-7-14-2)11-12-10(8)13/h8H,3-7H2,1-2H3. The lowest BCUT2D eigenvalue weighted by atomic mass is 10.0. The van der Waals surface area contributed by atoms with Crippen LogP contribution < -0.4 is 0 Å². The Morgan fingerprint density at radius 2 is 2.36 bits per heavy atom. The average Bonchev–Trinajstić information content (AvgIpc) is 2.60. The minimum atomic E-state index is 0.563. The first-order chi connectivity index (χ1) is 6.83. The van der Waals surface area contributed by atoms with E-state index in [-0.39, 0.29) is 0 Å². The molecule has 14 heavy (non-hydrogen) atoms. The number of rotatable bonds is 3. The Kier molecular flexibility index (Phi) is 2.82. The van der Waals surface area contributed by atoms with Crippen LogP contribution in [0.25, 0.3) is 0 Å². The Labute approximate surface area is 84.3 Å². The number of fused-ring (bicyclic) bond motifs is 1. The fourth-order valence-electron chi connectivity index (χ4n) is 2.02. The van der Waals surface area contributed by atoms with Crippen LogP contribution in [0.4, 0.5) is 0 Å². The Morgan fingerprint density at radius 3 is 3.14 bits per heavy atom. The SMILES string of the molecule is COCCc1nnc2n1CCCC2C. The van der Waals surface area contributed by atoms with Crippen molar-refractivity contribution in [2.24, 2.45) is 0 Å². The number of ether oxygens (including phenoxy) is 1. The normalized spacial score (nSPS) is 20.9. The highest BCUT2D eigenvalue weighted by molar-refractivity contribution is 5.04. The van der Waals surface area contributed by atoms with Gasteiger partial charge in [-0.1, -0.05) is 6.92 Å². The highest BCUT2D eigenvalue weighted by atomic mass is 16.5. The summed E-state index contributed by atoms with van der Waals surface area (Å²) in [5.41, 5.74) is 0. The van der Waals surface area contributed by atoms with Crippen LogP contribution >= 0.6 is 0 Å². The molecule has 1 aliphatic heterocycles. The molecule has 4 heteroatoms. The quantitative estimate of drug-likeness (QED) is 0.731. The van der Waals surface area contributed by atoms with Gasteiger partial charge in [-0.2, -0.15) is 0 Å². The smallest absolute Gasteiger partial charge is 0.135 e. The van der Waals surface area contributed by atoms with Crippen molar-refractivity contribution in [2.45, 2.75) is 38.6 Å². The molecule has 1 aromatic heterocycles. The molecule has 4 nitrogen and oxygen atoms in total. The number of aromatic nitrogens is 3. The first kappa shape index (κ1) is 9.65. The first-order valence-electron chi connectivity index (χ1n) is 5.24. The van der Waals surface area contributed by atoms with Gasteiger partial charge in [0.1, 0.15) is 11.6 Å². The van der Waals surface area contributed by atoms with E-state index in [0.29, 0.717) is 5.92 Å². The van der Waals surface area contributed by atoms with E-state index in [2.05, 4.69) is 21.7 Å². The summed E-state index contributed by atoms with van der Waals surface area (Å²) >= 11 is 0. The zero-order chi connectivity index (χ0) is 9.97. The Bertz CT molecular complexity index is 308. The van der Waals surface area contributed by atoms with Gasteiger partial charge in [0.05, 0.1) is 6.61 Å². The molecule has 0 aromatic carbocycles. The number of hydrogen-bond acceptors (Lipinski definition) is 3. The summed E-state index contributed by atoms with van der Waals surface area (Å²) in [6.07, 6.45) is 3.35. The number of methoxy groups -OCH3 is 1. The molecule has 2 heterocycles. The molecule has 0 aliphatic carbocycles. The minimum absolute atomic E-state index is 0.563. The van der Waals surface area contributed by atoms with Crippen LogP contribution in [0.2, 0.25) is 0 Å². The van der Waals surface area contributed by atoms with Crippen molar-refractivity contribution in [1.82, 2.24) is 14.8 Å². The van der Waals surface area contributed by atoms with Crippen molar-refractivity contribution in [3.05, 3.63) is 11.6 Å². The molecule has 0 saturated carbocycles. The third kappa shape index (κ3) is 1.66. The second kappa shape index (κ2) is 4.09. The monoisotopic (exact) mass is 195 g/mol. The summed E-state index contributed by atoms with van der Waals surface area (Å²) in [4.78, 5) is 0. The van der Waals surface area contributed by atoms with Gasteiger partial charge in [-0.15, -0.1) is 10.2 Å². The predicted octanol–water partition coefficient (Wildman–Crippen LogP) is 1.36. The molecule has 0 radical (unpaired) electrons. The van der Waals surface area contributed by atoms with Crippen LogP contribution in [0.1, 0.15) is 37.3 Å². The van der Waals surface area contributed by atoms with Crippen LogP contribution in [0.3, 0.4) is 0 Å². The summed E-state index contributed by atoms with van der Waals surface area (Å²) in [7, 11) is 1.72. The molecule has 1 atom stereocenters. The average molecular weight is 195 g/mol. The number of nitrogens with zero attached hydrogens (tertiary/aromatic N) is 3. The third-order valence-electron chi connectivity index (χ3n) is 2.85. The zero-order valence-corrected chi connectivity index (χ0v) is 8.86. The van der Waals surface area contributed by atoms with Crippen molar-refractivity contribution < 1.29 is 4.74 Å². The summed E-state index contributed by atoms with van der Waals surface area (Å²) in [5, 5.41) is 8.47. The van der Waals surface area contributed by atoms with Crippen LogP contribution in [-0.2, 0) is 17.7 Å². The van der Waals surface area contributed by atoms with Crippen LogP contribution in [0, 0.1) is 0 Å². The molecular weight excluding hydrogens is 178 g/mol. The van der Waals surface area contributed by atoms with Gasteiger partial charge in [0.15, 0.2) is 0 Å². The largest absolute Gasteiger partial charge is 0.384 e. The highest BCUT2D eigenvalue weighted by Gasteiger charge is 2.21. The second-order valence-corrected chi connectivity index (χ2v) is 3.91. The van der Waals surface area contributed by atoms with Crippen LogP contribution in [-0.4, -0.2) is 28.5 Å². The van der Waals surface area contributed by atoms with Gasteiger partial charge >= 0.3 is 0 Å². The summed E-state index contributed by atoms with van der Waals surface area (Å²) < 4.78 is 7.31.